The number of hydrogen-bond donors (Lipinski definition) is 1. The highest BCUT2D eigenvalue weighted by molar-refractivity contribution is 9.10. The second-order valence-corrected chi connectivity index (χ2v) is 4.83. The number of aromatic nitrogens is 4. The molecular formula is C12H15BrN4O. The Bertz CT molecular complexity index is 526. The van der Waals surface area contributed by atoms with Crippen LogP contribution in [0.3, 0.4) is 0 Å². The molecular weight excluding hydrogens is 296 g/mol. The zero-order chi connectivity index (χ0) is 13.1. The van der Waals surface area contributed by atoms with Crippen LogP contribution in [0.5, 0.6) is 0 Å². The van der Waals surface area contributed by atoms with Crippen molar-refractivity contribution in [1.29, 1.82) is 0 Å². The fourth-order valence-corrected chi connectivity index (χ4v) is 2.59. The Balaban J connectivity index is 2.22. The molecule has 0 bridgehead atoms. The van der Waals surface area contributed by atoms with Gasteiger partial charge in [0.05, 0.1) is 27.8 Å². The van der Waals surface area contributed by atoms with Crippen LogP contribution in [0.15, 0.2) is 23.1 Å². The standard InChI is InChI=1S/C12H15BrN4O/c1-3-8-12(13)10(17(2)16-8)6-11(18)9-7-14-4-5-15-9/h4-5,7,11,18H,3,6H2,1-2H3. The molecule has 0 radical (unpaired) electrons. The molecule has 5 nitrogen and oxygen atoms in total. The first kappa shape index (κ1) is 13.2. The van der Waals surface area contributed by atoms with Crippen LogP contribution in [0.25, 0.3) is 0 Å². The normalized spacial score (nSPS) is 12.7. The molecule has 6 heteroatoms. The SMILES string of the molecule is CCc1nn(C)c(CC(O)c2cnccn2)c1Br. The molecule has 0 saturated heterocycles. The molecule has 0 spiro atoms. The summed E-state index contributed by atoms with van der Waals surface area (Å²) in [5.74, 6) is 0. The summed E-state index contributed by atoms with van der Waals surface area (Å²) in [7, 11) is 1.88. The van der Waals surface area contributed by atoms with Crippen LogP contribution in [0.4, 0.5) is 0 Å². The van der Waals surface area contributed by atoms with Crippen LogP contribution in [0.1, 0.15) is 30.1 Å². The van der Waals surface area contributed by atoms with Crippen molar-refractivity contribution in [2.45, 2.75) is 25.9 Å². The average Bonchev–Trinajstić information content (AvgIpc) is 2.67. The molecule has 0 aromatic carbocycles. The van der Waals surface area contributed by atoms with E-state index in [4.69, 9.17) is 0 Å². The second kappa shape index (κ2) is 5.58. The molecule has 0 aliphatic carbocycles. The molecule has 2 aromatic rings. The van der Waals surface area contributed by atoms with Gasteiger partial charge in [-0.25, -0.2) is 0 Å². The lowest BCUT2D eigenvalue weighted by Gasteiger charge is -2.10. The van der Waals surface area contributed by atoms with Gasteiger partial charge in [-0.2, -0.15) is 5.10 Å². The predicted octanol–water partition coefficient (Wildman–Crippen LogP) is 1.81. The zero-order valence-corrected chi connectivity index (χ0v) is 11.9. The average molecular weight is 311 g/mol. The zero-order valence-electron chi connectivity index (χ0n) is 10.3. The first-order valence-corrected chi connectivity index (χ1v) is 6.57. The molecule has 0 fully saturated rings. The summed E-state index contributed by atoms with van der Waals surface area (Å²) in [4.78, 5) is 8.06. The highest BCUT2D eigenvalue weighted by atomic mass is 79.9. The van der Waals surface area contributed by atoms with E-state index in [1.807, 2.05) is 7.05 Å². The van der Waals surface area contributed by atoms with Gasteiger partial charge in [0.25, 0.3) is 0 Å². The van der Waals surface area contributed by atoms with Crippen molar-refractivity contribution in [3.63, 3.8) is 0 Å². The van der Waals surface area contributed by atoms with E-state index >= 15 is 0 Å². The van der Waals surface area contributed by atoms with Crippen LogP contribution in [-0.2, 0) is 19.9 Å². The topological polar surface area (TPSA) is 63.8 Å². The Labute approximate surface area is 114 Å². The monoisotopic (exact) mass is 310 g/mol. The maximum atomic E-state index is 10.1. The van der Waals surface area contributed by atoms with Crippen LogP contribution in [-0.4, -0.2) is 24.9 Å². The summed E-state index contributed by atoms with van der Waals surface area (Å²) in [5.41, 5.74) is 2.53. The van der Waals surface area contributed by atoms with E-state index in [2.05, 4.69) is 37.9 Å². The van der Waals surface area contributed by atoms with Crippen molar-refractivity contribution in [2.75, 3.05) is 0 Å². The molecule has 0 aliphatic heterocycles. The summed E-state index contributed by atoms with van der Waals surface area (Å²) in [6.07, 6.45) is 5.39. The molecule has 2 heterocycles. The van der Waals surface area contributed by atoms with Gasteiger partial charge in [-0.1, -0.05) is 6.92 Å². The number of aliphatic hydroxyl groups excluding tert-OH is 1. The summed E-state index contributed by atoms with van der Waals surface area (Å²) in [5, 5.41) is 14.5. The van der Waals surface area contributed by atoms with Gasteiger partial charge in [-0.3, -0.25) is 14.6 Å². The summed E-state index contributed by atoms with van der Waals surface area (Å²) in [6, 6.07) is 0. The Hall–Kier alpha value is -1.27. The summed E-state index contributed by atoms with van der Waals surface area (Å²) in [6.45, 7) is 2.05. The minimum atomic E-state index is -0.671. The van der Waals surface area contributed by atoms with E-state index in [0.29, 0.717) is 12.1 Å². The molecule has 2 rings (SSSR count). The lowest BCUT2D eigenvalue weighted by atomic mass is 10.1. The fraction of sp³-hybridized carbons (Fsp3) is 0.417. The highest BCUT2D eigenvalue weighted by Gasteiger charge is 2.18. The Morgan fingerprint density at radius 1 is 1.44 bits per heavy atom. The lowest BCUT2D eigenvalue weighted by Crippen LogP contribution is -2.08. The number of halogens is 1. The molecule has 0 aliphatic rings. The fourth-order valence-electron chi connectivity index (χ4n) is 1.81. The minimum Gasteiger partial charge on any atom is -0.386 e. The Kier molecular flexibility index (Phi) is 4.08. The number of aliphatic hydroxyl groups is 1. The quantitative estimate of drug-likeness (QED) is 0.935. The minimum absolute atomic E-state index is 0.461. The molecule has 18 heavy (non-hydrogen) atoms. The van der Waals surface area contributed by atoms with Crippen molar-refractivity contribution >= 4 is 15.9 Å². The van der Waals surface area contributed by atoms with E-state index in [1.54, 1.807) is 23.3 Å². The van der Waals surface area contributed by atoms with Crippen LogP contribution in [0, 0.1) is 0 Å². The van der Waals surface area contributed by atoms with E-state index in [-0.39, 0.29) is 0 Å². The number of rotatable bonds is 4. The summed E-state index contributed by atoms with van der Waals surface area (Å²) < 4.78 is 2.76. The number of nitrogens with zero attached hydrogens (tertiary/aromatic N) is 4. The van der Waals surface area contributed by atoms with Gasteiger partial charge in [0.1, 0.15) is 6.10 Å². The van der Waals surface area contributed by atoms with Gasteiger partial charge in [0.2, 0.25) is 0 Å². The number of aryl methyl sites for hydroxylation is 2. The van der Waals surface area contributed by atoms with Gasteiger partial charge >= 0.3 is 0 Å². The number of hydrogen-bond acceptors (Lipinski definition) is 4. The third-order valence-corrected chi connectivity index (χ3v) is 3.73. The van der Waals surface area contributed by atoms with Crippen molar-refractivity contribution in [3.05, 3.63) is 40.1 Å². The van der Waals surface area contributed by atoms with Crippen LogP contribution >= 0.6 is 15.9 Å². The van der Waals surface area contributed by atoms with Crippen LogP contribution < -0.4 is 0 Å². The summed E-state index contributed by atoms with van der Waals surface area (Å²) >= 11 is 3.53. The first-order valence-electron chi connectivity index (χ1n) is 5.77. The van der Waals surface area contributed by atoms with Gasteiger partial charge in [0, 0.05) is 25.9 Å². The van der Waals surface area contributed by atoms with E-state index in [9.17, 15) is 5.11 Å². The van der Waals surface area contributed by atoms with Gasteiger partial charge in [-0.15, -0.1) is 0 Å². The molecule has 0 amide bonds. The Morgan fingerprint density at radius 2 is 2.22 bits per heavy atom. The Morgan fingerprint density at radius 3 is 2.78 bits per heavy atom. The highest BCUT2D eigenvalue weighted by Crippen LogP contribution is 2.25. The molecule has 96 valence electrons. The lowest BCUT2D eigenvalue weighted by molar-refractivity contribution is 0.170. The third kappa shape index (κ3) is 2.59. The maximum absolute atomic E-state index is 10.1. The smallest absolute Gasteiger partial charge is 0.103 e. The van der Waals surface area contributed by atoms with Gasteiger partial charge in [0.15, 0.2) is 0 Å². The van der Waals surface area contributed by atoms with Gasteiger partial charge in [-0.05, 0) is 22.4 Å². The van der Waals surface area contributed by atoms with Crippen LogP contribution in [0.2, 0.25) is 0 Å². The molecule has 0 saturated carbocycles. The largest absolute Gasteiger partial charge is 0.386 e. The maximum Gasteiger partial charge on any atom is 0.103 e. The van der Waals surface area contributed by atoms with Crippen molar-refractivity contribution in [2.24, 2.45) is 7.05 Å². The third-order valence-electron chi connectivity index (χ3n) is 2.81. The first-order chi connectivity index (χ1) is 8.63. The molecule has 1 unspecified atom stereocenters. The van der Waals surface area contributed by atoms with Crippen molar-refractivity contribution in [3.8, 4) is 0 Å². The second-order valence-electron chi connectivity index (χ2n) is 4.03. The van der Waals surface area contributed by atoms with E-state index in [1.165, 1.54) is 0 Å². The van der Waals surface area contributed by atoms with Gasteiger partial charge < -0.3 is 5.11 Å². The molecule has 1 atom stereocenters. The van der Waals surface area contributed by atoms with Crippen molar-refractivity contribution in [1.82, 2.24) is 19.7 Å². The van der Waals surface area contributed by atoms with E-state index < -0.39 is 6.10 Å². The molecule has 2 aromatic heterocycles. The predicted molar refractivity (Wildman–Crippen MR) is 71.0 cm³/mol. The van der Waals surface area contributed by atoms with Crippen molar-refractivity contribution < 1.29 is 5.11 Å². The van der Waals surface area contributed by atoms with E-state index in [0.717, 1.165) is 22.3 Å². The molecule has 1 N–H and O–H groups in total.